The smallest absolute Gasteiger partial charge is 0.246 e. The Morgan fingerprint density at radius 3 is 2.29 bits per heavy atom. The van der Waals surface area contributed by atoms with E-state index >= 15 is 0 Å². The Bertz CT molecular complexity index is 646. The first-order valence-electron chi connectivity index (χ1n) is 6.46. The summed E-state index contributed by atoms with van der Waals surface area (Å²) in [5, 5.41) is 5.05. The van der Waals surface area contributed by atoms with Crippen molar-refractivity contribution in [2.24, 2.45) is 5.14 Å². The molecule has 0 aromatic heterocycles. The molecule has 6 heteroatoms. The largest absolute Gasteiger partial charge is 0.335 e. The normalized spacial score (nSPS) is 13.7. The average molecular weight is 308 g/mol. The Labute approximate surface area is 125 Å². The van der Waals surface area contributed by atoms with Gasteiger partial charge in [0, 0.05) is 13.1 Å². The van der Waals surface area contributed by atoms with E-state index in [-0.39, 0.29) is 16.8 Å². The average Bonchev–Trinajstić information content (AvgIpc) is 2.45. The van der Waals surface area contributed by atoms with Crippen molar-refractivity contribution in [2.45, 2.75) is 24.8 Å². The molecule has 0 heterocycles. The Kier molecular flexibility index (Phi) is 5.87. The molecule has 0 aliphatic heterocycles. The first-order chi connectivity index (χ1) is 9.77. The van der Waals surface area contributed by atoms with Crippen LogP contribution in [0.5, 0.6) is 0 Å². The molecule has 2 N–H and O–H groups in total. The minimum Gasteiger partial charge on any atom is -0.335 e. The lowest BCUT2D eigenvalue weighted by atomic mass is 10.1. The highest BCUT2D eigenvalue weighted by molar-refractivity contribution is 7.89. The van der Waals surface area contributed by atoms with Gasteiger partial charge in [0.25, 0.3) is 0 Å². The van der Waals surface area contributed by atoms with E-state index in [9.17, 15) is 13.2 Å². The summed E-state index contributed by atoms with van der Waals surface area (Å²) in [5.41, 5.74) is 0.831. The van der Waals surface area contributed by atoms with Crippen LogP contribution in [0.1, 0.15) is 25.5 Å². The van der Waals surface area contributed by atoms with Crippen LogP contribution in [-0.4, -0.2) is 26.3 Å². The van der Waals surface area contributed by atoms with Gasteiger partial charge in [-0.05, 0) is 31.5 Å². The molecule has 0 saturated carbocycles. The number of nitrogens with two attached hydrogens (primary N) is 1. The second-order valence-electron chi connectivity index (χ2n) is 4.62. The third-order valence-corrected chi connectivity index (χ3v) is 4.09. The van der Waals surface area contributed by atoms with Crippen molar-refractivity contribution >= 4 is 15.9 Å². The zero-order chi connectivity index (χ0) is 16.0. The minimum absolute atomic E-state index is 0.0559. The monoisotopic (exact) mass is 308 g/mol. The molecule has 0 aliphatic rings. The van der Waals surface area contributed by atoms with Crippen LogP contribution in [0.2, 0.25) is 0 Å². The van der Waals surface area contributed by atoms with E-state index in [4.69, 9.17) is 5.14 Å². The van der Waals surface area contributed by atoms with Gasteiger partial charge in [-0.3, -0.25) is 4.79 Å². The van der Waals surface area contributed by atoms with Crippen LogP contribution < -0.4 is 5.14 Å². The van der Waals surface area contributed by atoms with Crippen molar-refractivity contribution < 1.29 is 13.2 Å². The Hall–Kier alpha value is -1.92. The van der Waals surface area contributed by atoms with Crippen LogP contribution in [0.15, 0.2) is 53.5 Å². The summed E-state index contributed by atoms with van der Waals surface area (Å²) in [7, 11) is -2.00. The summed E-state index contributed by atoms with van der Waals surface area (Å²) in [6, 6.07) is 6.01. The topological polar surface area (TPSA) is 80.5 Å². The minimum atomic E-state index is -3.70. The molecular weight excluding hydrogens is 288 g/mol. The maximum Gasteiger partial charge on any atom is 0.246 e. The summed E-state index contributed by atoms with van der Waals surface area (Å²) in [6.45, 7) is 3.74. The number of benzene rings is 1. The van der Waals surface area contributed by atoms with Crippen LogP contribution in [0, 0.1) is 0 Å². The van der Waals surface area contributed by atoms with E-state index in [0.29, 0.717) is 0 Å². The van der Waals surface area contributed by atoms with Crippen LogP contribution in [0.3, 0.4) is 0 Å². The number of hydrogen-bond acceptors (Lipinski definition) is 3. The van der Waals surface area contributed by atoms with Gasteiger partial charge in [-0.2, -0.15) is 0 Å². The lowest BCUT2D eigenvalue weighted by molar-refractivity contribution is -0.126. The summed E-state index contributed by atoms with van der Waals surface area (Å²) in [4.78, 5) is 13.6. The van der Waals surface area contributed by atoms with Crippen molar-refractivity contribution in [1.82, 2.24) is 4.90 Å². The molecule has 0 spiro atoms. The quantitative estimate of drug-likeness (QED) is 0.667. The second-order valence-corrected chi connectivity index (χ2v) is 6.19. The zero-order valence-corrected chi connectivity index (χ0v) is 13.2. The molecule has 0 fully saturated rings. The molecule has 0 bridgehead atoms. The molecule has 114 valence electrons. The van der Waals surface area contributed by atoms with Gasteiger partial charge in [0.1, 0.15) is 0 Å². The molecule has 1 unspecified atom stereocenters. The molecule has 1 rings (SSSR count). The predicted octanol–water partition coefficient (Wildman–Crippen LogP) is 1.99. The van der Waals surface area contributed by atoms with Crippen molar-refractivity contribution in [1.29, 1.82) is 0 Å². The van der Waals surface area contributed by atoms with Gasteiger partial charge in [-0.15, -0.1) is 0 Å². The van der Waals surface area contributed by atoms with E-state index < -0.39 is 10.0 Å². The molecule has 0 radical (unpaired) electrons. The standard InChI is InChI=1S/C15H20N2O3S/c1-4-5-6-7-15(18)17(3)12(2)13-8-10-14(11-9-13)21(16,19)20/h4-12H,1-3H3,(H2,16,19,20)/b5-4+,7-6+. The highest BCUT2D eigenvalue weighted by atomic mass is 32.2. The molecule has 0 saturated heterocycles. The van der Waals surface area contributed by atoms with E-state index in [2.05, 4.69) is 0 Å². The molecule has 0 aliphatic carbocycles. The van der Waals surface area contributed by atoms with Gasteiger partial charge in [-0.25, -0.2) is 13.6 Å². The number of carbonyl (C=O) groups is 1. The summed E-state index contributed by atoms with van der Waals surface area (Å²) in [5.74, 6) is -0.129. The highest BCUT2D eigenvalue weighted by Gasteiger charge is 2.16. The number of nitrogens with zero attached hydrogens (tertiary/aromatic N) is 1. The van der Waals surface area contributed by atoms with E-state index in [0.717, 1.165) is 5.56 Å². The fourth-order valence-corrected chi connectivity index (χ4v) is 2.23. The van der Waals surface area contributed by atoms with Gasteiger partial charge in [0.15, 0.2) is 0 Å². The molecule has 5 nitrogen and oxygen atoms in total. The zero-order valence-electron chi connectivity index (χ0n) is 12.4. The lowest BCUT2D eigenvalue weighted by Crippen LogP contribution is -2.28. The first kappa shape index (κ1) is 17.1. The summed E-state index contributed by atoms with van der Waals surface area (Å²) < 4.78 is 22.4. The van der Waals surface area contributed by atoms with E-state index in [1.54, 1.807) is 36.2 Å². The maximum absolute atomic E-state index is 11.9. The summed E-state index contributed by atoms with van der Waals surface area (Å²) >= 11 is 0. The van der Waals surface area contributed by atoms with Crippen LogP contribution in [-0.2, 0) is 14.8 Å². The summed E-state index contributed by atoms with van der Waals surface area (Å²) in [6.07, 6.45) is 6.77. The second kappa shape index (κ2) is 7.19. The number of amides is 1. The van der Waals surface area contributed by atoms with Gasteiger partial charge in [-0.1, -0.05) is 30.4 Å². The number of primary sulfonamides is 1. The van der Waals surface area contributed by atoms with Gasteiger partial charge in [0.2, 0.25) is 15.9 Å². The lowest BCUT2D eigenvalue weighted by Gasteiger charge is -2.24. The molecule has 21 heavy (non-hydrogen) atoms. The molecule has 1 aromatic carbocycles. The van der Waals surface area contributed by atoms with Gasteiger partial charge >= 0.3 is 0 Å². The predicted molar refractivity (Wildman–Crippen MR) is 83.0 cm³/mol. The fourth-order valence-electron chi connectivity index (χ4n) is 1.72. The third kappa shape index (κ3) is 4.84. The number of carbonyl (C=O) groups excluding carboxylic acids is 1. The first-order valence-corrected chi connectivity index (χ1v) is 8.01. The number of likely N-dealkylation sites (N-methyl/N-ethyl adjacent to an activating group) is 1. The fraction of sp³-hybridized carbons (Fsp3) is 0.267. The number of hydrogen-bond donors (Lipinski definition) is 1. The SMILES string of the molecule is C/C=C/C=C/C(=O)N(C)C(C)c1ccc(S(N)(=O)=O)cc1. The molecule has 1 atom stereocenters. The number of allylic oxidation sites excluding steroid dienone is 3. The van der Waals surface area contributed by atoms with Gasteiger partial charge in [0.05, 0.1) is 10.9 Å². The molecule has 1 aromatic rings. The van der Waals surface area contributed by atoms with Crippen LogP contribution >= 0.6 is 0 Å². The molecular formula is C15H20N2O3S. The Morgan fingerprint density at radius 1 is 1.24 bits per heavy atom. The third-order valence-electron chi connectivity index (χ3n) is 3.16. The maximum atomic E-state index is 11.9. The number of sulfonamides is 1. The Balaban J connectivity index is 2.88. The van der Waals surface area contributed by atoms with Crippen LogP contribution in [0.25, 0.3) is 0 Å². The van der Waals surface area contributed by atoms with Crippen molar-refractivity contribution in [3.8, 4) is 0 Å². The van der Waals surface area contributed by atoms with E-state index in [1.165, 1.54) is 18.2 Å². The van der Waals surface area contributed by atoms with E-state index in [1.807, 2.05) is 19.9 Å². The Morgan fingerprint density at radius 2 is 1.81 bits per heavy atom. The van der Waals surface area contributed by atoms with Crippen molar-refractivity contribution in [3.05, 3.63) is 54.1 Å². The van der Waals surface area contributed by atoms with Crippen LogP contribution in [0.4, 0.5) is 0 Å². The highest BCUT2D eigenvalue weighted by Crippen LogP contribution is 2.20. The van der Waals surface area contributed by atoms with Crippen molar-refractivity contribution in [3.63, 3.8) is 0 Å². The molecule has 1 amide bonds. The number of rotatable bonds is 5. The van der Waals surface area contributed by atoms with Gasteiger partial charge < -0.3 is 4.90 Å². The van der Waals surface area contributed by atoms with Crippen molar-refractivity contribution in [2.75, 3.05) is 7.05 Å².